The molecule has 1 N–H and O–H groups in total. The largest absolute Gasteiger partial charge is 0.507 e. The summed E-state index contributed by atoms with van der Waals surface area (Å²) in [6.45, 7) is 2.80. The lowest BCUT2D eigenvalue weighted by Gasteiger charge is -2.51. The van der Waals surface area contributed by atoms with E-state index >= 15 is 0 Å². The van der Waals surface area contributed by atoms with Crippen LogP contribution in [0, 0.1) is 17.8 Å². The molecule has 1 saturated carbocycles. The molecule has 3 aromatic carbocycles. The number of allylic oxidation sites excluding steroid dienone is 2. The van der Waals surface area contributed by atoms with Gasteiger partial charge in [0.25, 0.3) is 11.8 Å². The number of rotatable bonds is 3. The Labute approximate surface area is 275 Å². The van der Waals surface area contributed by atoms with Crippen LogP contribution in [0.5, 0.6) is 5.75 Å². The molecule has 0 spiro atoms. The zero-order chi connectivity index (χ0) is 32.1. The number of halogens is 2. The van der Waals surface area contributed by atoms with Crippen molar-refractivity contribution in [2.45, 2.75) is 28.5 Å². The van der Waals surface area contributed by atoms with E-state index in [0.29, 0.717) is 40.8 Å². The minimum Gasteiger partial charge on any atom is -0.507 e. The lowest BCUT2D eigenvalue weighted by molar-refractivity contribution is -0.138. The van der Waals surface area contributed by atoms with Crippen LogP contribution >= 0.6 is 23.2 Å². The van der Waals surface area contributed by atoms with E-state index in [9.17, 15) is 24.3 Å². The van der Waals surface area contributed by atoms with E-state index in [0.717, 1.165) is 23.7 Å². The number of phenols is 1. The fraction of sp³-hybridized carbons (Fsp3) is 0.371. The number of hydrogen-bond donors (Lipinski definition) is 1. The van der Waals surface area contributed by atoms with Crippen molar-refractivity contribution in [3.05, 3.63) is 77.9 Å². The predicted octanol–water partition coefficient (Wildman–Crippen LogP) is 4.58. The molecule has 4 amide bonds. The number of likely N-dealkylation sites (tertiary alicyclic amines) is 1. The first kappa shape index (κ1) is 29.5. The molecule has 0 radical (unpaired) electrons. The quantitative estimate of drug-likeness (QED) is 0.249. The molecule has 6 atom stereocenters. The van der Waals surface area contributed by atoms with Crippen molar-refractivity contribution in [3.63, 3.8) is 0 Å². The molecule has 5 aliphatic rings. The highest BCUT2D eigenvalue weighted by Crippen LogP contribution is 2.66. The van der Waals surface area contributed by atoms with Crippen molar-refractivity contribution < 1.29 is 29.0 Å². The molecule has 236 valence electrons. The maximum Gasteiger partial charge on any atom is 0.253 e. The van der Waals surface area contributed by atoms with Gasteiger partial charge in [0.1, 0.15) is 5.75 Å². The van der Waals surface area contributed by atoms with Crippen molar-refractivity contribution >= 4 is 69.0 Å². The Morgan fingerprint density at radius 1 is 0.826 bits per heavy atom. The molecule has 3 aromatic rings. The molecule has 8 rings (SSSR count). The molecular weight excluding hydrogens is 629 g/mol. The molecule has 3 heterocycles. The number of phenolic OH excluding ortho intramolecular Hbond substituents is 1. The minimum absolute atomic E-state index is 0.0583. The maximum atomic E-state index is 14.4. The van der Waals surface area contributed by atoms with Gasteiger partial charge < -0.3 is 14.7 Å². The van der Waals surface area contributed by atoms with E-state index in [2.05, 4.69) is 4.90 Å². The zero-order valence-electron chi connectivity index (χ0n) is 25.0. The lowest BCUT2D eigenvalue weighted by Crippen LogP contribution is -2.60. The van der Waals surface area contributed by atoms with Gasteiger partial charge in [-0.05, 0) is 60.0 Å². The molecule has 6 unspecified atom stereocenters. The molecule has 4 fully saturated rings. The number of carbonyl (C=O) groups is 4. The summed E-state index contributed by atoms with van der Waals surface area (Å²) in [5.74, 6) is -4.80. The average molecular weight is 661 g/mol. The number of hydrogen-bond acceptors (Lipinski definition) is 7. The summed E-state index contributed by atoms with van der Waals surface area (Å²) in [6, 6.07) is 17.9. The molecule has 3 saturated heterocycles. The summed E-state index contributed by atoms with van der Waals surface area (Å²) in [7, 11) is 1.37. The summed E-state index contributed by atoms with van der Waals surface area (Å²) in [6.07, 6.45) is 2.12. The Hall–Kier alpha value is -3.92. The smallest absolute Gasteiger partial charge is 0.253 e. The van der Waals surface area contributed by atoms with Crippen LogP contribution in [0.3, 0.4) is 0 Å². The van der Waals surface area contributed by atoms with Crippen molar-refractivity contribution in [3.8, 4) is 5.75 Å². The van der Waals surface area contributed by atoms with Crippen molar-refractivity contribution in [1.29, 1.82) is 0 Å². The molecule has 0 aromatic heterocycles. The Kier molecular flexibility index (Phi) is 6.59. The number of amides is 4. The van der Waals surface area contributed by atoms with Gasteiger partial charge in [-0.15, -0.1) is 23.2 Å². The third kappa shape index (κ3) is 3.79. The summed E-state index contributed by atoms with van der Waals surface area (Å²) in [5, 5.41) is 11.9. The summed E-state index contributed by atoms with van der Waals surface area (Å²) in [4.78, 5) is 56.7. The van der Waals surface area contributed by atoms with E-state index in [1.165, 1.54) is 11.9 Å². The second kappa shape index (κ2) is 10.3. The maximum absolute atomic E-state index is 14.4. The number of nitrogens with zero attached hydrogens (tertiary/aromatic N) is 3. The number of anilines is 2. The fourth-order valence-corrected chi connectivity index (χ4v) is 9.55. The van der Waals surface area contributed by atoms with Crippen LogP contribution in [-0.4, -0.2) is 76.7 Å². The monoisotopic (exact) mass is 659 g/mol. The first-order chi connectivity index (χ1) is 22.1. The highest BCUT2D eigenvalue weighted by Gasteiger charge is 2.76. The number of morpholine rings is 1. The Morgan fingerprint density at radius 2 is 1.50 bits per heavy atom. The fourth-order valence-electron chi connectivity index (χ4n) is 8.54. The molecule has 2 aliphatic carbocycles. The van der Waals surface area contributed by atoms with Gasteiger partial charge >= 0.3 is 0 Å². The van der Waals surface area contributed by atoms with E-state index in [1.807, 2.05) is 30.3 Å². The topological polar surface area (TPSA) is 107 Å². The number of benzene rings is 3. The Balaban J connectivity index is 1.23. The first-order valence-electron chi connectivity index (χ1n) is 15.5. The van der Waals surface area contributed by atoms with Crippen LogP contribution in [0.2, 0.25) is 0 Å². The lowest BCUT2D eigenvalue weighted by atomic mass is 9.56. The van der Waals surface area contributed by atoms with Gasteiger partial charge in [0.15, 0.2) is 9.75 Å². The average Bonchev–Trinajstić information content (AvgIpc) is 3.40. The number of aromatic hydroxyl groups is 1. The van der Waals surface area contributed by atoms with Crippen molar-refractivity contribution in [1.82, 2.24) is 4.90 Å². The normalized spacial score (nSPS) is 32.5. The molecule has 3 aliphatic heterocycles. The van der Waals surface area contributed by atoms with E-state index in [4.69, 9.17) is 27.9 Å². The zero-order valence-corrected chi connectivity index (χ0v) is 26.5. The summed E-state index contributed by atoms with van der Waals surface area (Å²) in [5.41, 5.74) is 2.80. The first-order valence-corrected chi connectivity index (χ1v) is 16.2. The standard InChI is InChI=1S/C35H31Cl2N3O6/c1-38-32(44)34(36)18-26-24(29(35(34,37)33(38)45)23-12-13-27(41)22-5-3-2-4-21(22)23)10-11-25-28(26)31(43)40(30(25)42)20-8-6-19(7-9-20)39-14-16-46-17-15-39/h2-10,12-13,25-26,28-29,41H,11,14-18H2,1H3. The van der Waals surface area contributed by atoms with Gasteiger partial charge in [-0.1, -0.05) is 42.0 Å². The highest BCUT2D eigenvalue weighted by atomic mass is 35.5. The number of fused-ring (bicyclic) bond motifs is 5. The van der Waals surface area contributed by atoms with Gasteiger partial charge in [-0.25, -0.2) is 0 Å². The molecule has 0 bridgehead atoms. The van der Waals surface area contributed by atoms with E-state index < -0.39 is 45.2 Å². The van der Waals surface area contributed by atoms with Gasteiger partial charge in [0.2, 0.25) is 11.8 Å². The molecule has 46 heavy (non-hydrogen) atoms. The highest BCUT2D eigenvalue weighted by molar-refractivity contribution is 6.53. The third-order valence-electron chi connectivity index (χ3n) is 10.7. The Bertz CT molecular complexity index is 1870. The van der Waals surface area contributed by atoms with Gasteiger partial charge in [-0.3, -0.25) is 29.0 Å². The van der Waals surface area contributed by atoms with Gasteiger partial charge in [0.05, 0.1) is 30.7 Å². The summed E-state index contributed by atoms with van der Waals surface area (Å²) >= 11 is 14.7. The van der Waals surface area contributed by atoms with Crippen LogP contribution in [-0.2, 0) is 23.9 Å². The minimum atomic E-state index is -1.89. The van der Waals surface area contributed by atoms with Crippen LogP contribution in [0.4, 0.5) is 11.4 Å². The molecular formula is C35H31Cl2N3O6. The number of imide groups is 2. The third-order valence-corrected chi connectivity index (χ3v) is 12.2. The van der Waals surface area contributed by atoms with Crippen molar-refractivity contribution in [2.24, 2.45) is 17.8 Å². The Morgan fingerprint density at radius 3 is 2.22 bits per heavy atom. The van der Waals surface area contributed by atoms with E-state index in [-0.39, 0.29) is 30.4 Å². The number of alkyl halides is 2. The molecule has 9 nitrogen and oxygen atoms in total. The van der Waals surface area contributed by atoms with Crippen LogP contribution in [0.15, 0.2) is 72.3 Å². The van der Waals surface area contributed by atoms with Gasteiger partial charge in [0, 0.05) is 37.1 Å². The SMILES string of the molecule is CN1C(=O)C2(Cl)CC3C(=CCC4C(=O)N(c5ccc(N6CCOCC6)cc5)C(=O)C43)C(c3ccc(O)c4ccccc34)C2(Cl)C1=O. The van der Waals surface area contributed by atoms with Crippen LogP contribution in [0.1, 0.15) is 24.3 Å². The van der Waals surface area contributed by atoms with Gasteiger partial charge in [-0.2, -0.15) is 0 Å². The molecule has 11 heteroatoms. The predicted molar refractivity (Wildman–Crippen MR) is 173 cm³/mol. The summed E-state index contributed by atoms with van der Waals surface area (Å²) < 4.78 is 5.46. The number of carbonyl (C=O) groups excluding carboxylic acids is 4. The van der Waals surface area contributed by atoms with Crippen LogP contribution in [0.25, 0.3) is 10.8 Å². The second-order valence-electron chi connectivity index (χ2n) is 12.8. The van der Waals surface area contributed by atoms with E-state index in [1.54, 1.807) is 36.4 Å². The number of ether oxygens (including phenoxy) is 1. The van der Waals surface area contributed by atoms with Crippen molar-refractivity contribution in [2.75, 3.05) is 43.2 Å². The van der Waals surface area contributed by atoms with Crippen LogP contribution < -0.4 is 9.80 Å². The second-order valence-corrected chi connectivity index (χ2v) is 14.1.